The van der Waals surface area contributed by atoms with Crippen LogP contribution in [0.4, 0.5) is 22.0 Å². The second-order valence-electron chi connectivity index (χ2n) is 6.67. The molecule has 0 aromatic heterocycles. The Kier molecular flexibility index (Phi) is 6.20. The fraction of sp³-hybridized carbons (Fsp3) is 0.217. The van der Waals surface area contributed by atoms with Crippen molar-refractivity contribution in [3.63, 3.8) is 0 Å². The predicted molar refractivity (Wildman–Crippen MR) is 104 cm³/mol. The molecule has 0 aliphatic rings. The Morgan fingerprint density at radius 2 is 1.55 bits per heavy atom. The smallest absolute Gasteiger partial charge is 0.422 e. The summed E-state index contributed by atoms with van der Waals surface area (Å²) in [5.74, 6) is -1.22. The minimum atomic E-state index is -4.42. The third-order valence-corrected chi connectivity index (χ3v) is 4.44. The van der Waals surface area contributed by atoms with Crippen LogP contribution in [0.25, 0.3) is 21.9 Å². The van der Waals surface area contributed by atoms with Crippen LogP contribution in [0.2, 0.25) is 0 Å². The third-order valence-electron chi connectivity index (χ3n) is 4.44. The fourth-order valence-corrected chi connectivity index (χ4v) is 3.10. The van der Waals surface area contributed by atoms with Crippen LogP contribution in [-0.4, -0.2) is 12.8 Å². The number of hydrogen-bond acceptors (Lipinski definition) is 1. The van der Waals surface area contributed by atoms with Gasteiger partial charge < -0.3 is 4.74 Å². The third kappa shape index (κ3) is 5.34. The Labute approximate surface area is 165 Å². The second kappa shape index (κ2) is 8.64. The van der Waals surface area contributed by atoms with Gasteiger partial charge in [-0.25, -0.2) is 8.78 Å². The summed E-state index contributed by atoms with van der Waals surface area (Å²) in [6.07, 6.45) is 0.628. The number of rotatable bonds is 6. The molecule has 0 heterocycles. The Balaban J connectivity index is 1.88. The highest BCUT2D eigenvalue weighted by Gasteiger charge is 2.28. The summed E-state index contributed by atoms with van der Waals surface area (Å²) in [6, 6.07) is 11.8. The molecule has 0 aliphatic heterocycles. The summed E-state index contributed by atoms with van der Waals surface area (Å²) >= 11 is 0. The highest BCUT2D eigenvalue weighted by atomic mass is 19.4. The van der Waals surface area contributed by atoms with Crippen LogP contribution in [0.3, 0.4) is 0 Å². The lowest BCUT2D eigenvalue weighted by Gasteiger charge is -2.11. The summed E-state index contributed by atoms with van der Waals surface area (Å²) in [6.45, 7) is 0.503. The molecule has 3 aromatic carbocycles. The zero-order valence-electron chi connectivity index (χ0n) is 15.7. The van der Waals surface area contributed by atoms with Crippen LogP contribution in [0.15, 0.2) is 60.7 Å². The van der Waals surface area contributed by atoms with Crippen molar-refractivity contribution in [3.05, 3.63) is 77.9 Å². The second-order valence-corrected chi connectivity index (χ2v) is 6.67. The first-order valence-corrected chi connectivity index (χ1v) is 9.09. The normalized spacial score (nSPS) is 12.1. The van der Waals surface area contributed by atoms with Gasteiger partial charge in [-0.2, -0.15) is 13.2 Å². The standard InChI is InChI=1S/C23H19F5O/c1-2-3-4-5-15-10-20(24)22(21(25)11-15)18-7-6-17-13-19(9-8-16(17)12-18)29-14-23(26,27)28/h2-3,6-13H,4-5,14H2,1H3/b3-2+. The molecule has 3 rings (SSSR count). The number of allylic oxidation sites excluding steroid dienone is 2. The first-order valence-electron chi connectivity index (χ1n) is 9.09. The van der Waals surface area contributed by atoms with E-state index in [9.17, 15) is 22.0 Å². The number of fused-ring (bicyclic) bond motifs is 1. The van der Waals surface area contributed by atoms with Crippen LogP contribution in [-0.2, 0) is 6.42 Å². The summed E-state index contributed by atoms with van der Waals surface area (Å²) in [5.41, 5.74) is 0.810. The van der Waals surface area contributed by atoms with Gasteiger partial charge in [0.05, 0.1) is 5.56 Å². The van der Waals surface area contributed by atoms with Crippen LogP contribution < -0.4 is 4.74 Å². The van der Waals surface area contributed by atoms with Crippen molar-refractivity contribution in [1.82, 2.24) is 0 Å². The quantitative estimate of drug-likeness (QED) is 0.310. The first kappa shape index (κ1) is 20.8. The lowest BCUT2D eigenvalue weighted by Crippen LogP contribution is -2.19. The number of halogens is 5. The molecule has 0 saturated heterocycles. The van der Waals surface area contributed by atoms with E-state index >= 15 is 0 Å². The van der Waals surface area contributed by atoms with Gasteiger partial charge in [0.25, 0.3) is 0 Å². The Bertz CT molecular complexity index is 1010. The first-order chi connectivity index (χ1) is 13.8. The minimum absolute atomic E-state index is 0.0745. The van der Waals surface area contributed by atoms with E-state index in [4.69, 9.17) is 4.74 Å². The maximum atomic E-state index is 14.6. The van der Waals surface area contributed by atoms with Crippen molar-refractivity contribution in [2.24, 2.45) is 0 Å². The van der Waals surface area contributed by atoms with Crippen LogP contribution in [0, 0.1) is 11.6 Å². The van der Waals surface area contributed by atoms with Gasteiger partial charge in [-0.05, 0) is 72.0 Å². The van der Waals surface area contributed by atoms with Crippen molar-refractivity contribution in [2.75, 3.05) is 6.61 Å². The maximum Gasteiger partial charge on any atom is 0.422 e. The molecule has 29 heavy (non-hydrogen) atoms. The largest absolute Gasteiger partial charge is 0.484 e. The van der Waals surface area contributed by atoms with E-state index in [-0.39, 0.29) is 11.3 Å². The van der Waals surface area contributed by atoms with Gasteiger partial charge in [0.2, 0.25) is 0 Å². The molecule has 0 saturated carbocycles. The lowest BCUT2D eigenvalue weighted by molar-refractivity contribution is -0.153. The Hall–Kier alpha value is -2.89. The van der Waals surface area contributed by atoms with Gasteiger partial charge in [0.1, 0.15) is 17.4 Å². The predicted octanol–water partition coefficient (Wildman–Crippen LogP) is 7.23. The van der Waals surface area contributed by atoms with Gasteiger partial charge in [-0.1, -0.05) is 30.4 Å². The minimum Gasteiger partial charge on any atom is -0.484 e. The molecule has 0 unspecified atom stereocenters. The SMILES string of the molecule is C/C=C/CCc1cc(F)c(-c2ccc3cc(OCC(F)(F)F)ccc3c2)c(F)c1. The molecule has 152 valence electrons. The molecule has 0 bridgehead atoms. The summed E-state index contributed by atoms with van der Waals surface area (Å²) in [5, 5.41) is 1.25. The Morgan fingerprint density at radius 3 is 2.21 bits per heavy atom. The molecular weight excluding hydrogens is 387 g/mol. The van der Waals surface area contributed by atoms with E-state index in [1.165, 1.54) is 30.3 Å². The van der Waals surface area contributed by atoms with E-state index < -0.39 is 24.4 Å². The van der Waals surface area contributed by atoms with E-state index in [0.717, 1.165) is 0 Å². The van der Waals surface area contributed by atoms with Gasteiger partial charge in [-0.3, -0.25) is 0 Å². The lowest BCUT2D eigenvalue weighted by atomic mass is 9.98. The maximum absolute atomic E-state index is 14.6. The van der Waals surface area contributed by atoms with Crippen molar-refractivity contribution in [1.29, 1.82) is 0 Å². The number of alkyl halides is 3. The van der Waals surface area contributed by atoms with E-state index in [1.807, 2.05) is 19.1 Å². The molecule has 0 N–H and O–H groups in total. The highest BCUT2D eigenvalue weighted by molar-refractivity contribution is 5.88. The Morgan fingerprint density at radius 1 is 0.897 bits per heavy atom. The van der Waals surface area contributed by atoms with Crippen molar-refractivity contribution >= 4 is 10.8 Å². The van der Waals surface area contributed by atoms with Crippen molar-refractivity contribution < 1.29 is 26.7 Å². The molecule has 0 radical (unpaired) electrons. The summed E-state index contributed by atoms with van der Waals surface area (Å²) < 4.78 is 70.8. The zero-order chi connectivity index (χ0) is 21.0. The van der Waals surface area contributed by atoms with Gasteiger partial charge in [0.15, 0.2) is 6.61 Å². The molecule has 0 aliphatic carbocycles. The number of ether oxygens (including phenoxy) is 1. The van der Waals surface area contributed by atoms with Crippen LogP contribution in [0.1, 0.15) is 18.9 Å². The van der Waals surface area contributed by atoms with Gasteiger partial charge in [0, 0.05) is 0 Å². The van der Waals surface area contributed by atoms with E-state index in [1.54, 1.807) is 18.2 Å². The fourth-order valence-electron chi connectivity index (χ4n) is 3.10. The van der Waals surface area contributed by atoms with Crippen molar-refractivity contribution in [2.45, 2.75) is 25.9 Å². The molecule has 6 heteroatoms. The van der Waals surface area contributed by atoms with E-state index in [2.05, 4.69) is 0 Å². The average Bonchev–Trinajstić information content (AvgIpc) is 2.65. The molecule has 1 nitrogen and oxygen atoms in total. The van der Waals surface area contributed by atoms with Gasteiger partial charge in [-0.15, -0.1) is 0 Å². The zero-order valence-corrected chi connectivity index (χ0v) is 15.7. The average molecular weight is 406 g/mol. The molecular formula is C23H19F5O. The van der Waals surface area contributed by atoms with E-state index in [0.29, 0.717) is 34.7 Å². The molecule has 3 aromatic rings. The number of benzene rings is 3. The van der Waals surface area contributed by atoms with Crippen molar-refractivity contribution in [3.8, 4) is 16.9 Å². The number of hydrogen-bond donors (Lipinski definition) is 0. The topological polar surface area (TPSA) is 9.23 Å². The molecule has 0 spiro atoms. The monoisotopic (exact) mass is 406 g/mol. The molecule has 0 atom stereocenters. The number of aryl methyl sites for hydroxylation is 1. The molecule has 0 fully saturated rings. The summed E-state index contributed by atoms with van der Waals surface area (Å²) in [7, 11) is 0. The van der Waals surface area contributed by atoms with Crippen LogP contribution >= 0.6 is 0 Å². The summed E-state index contributed by atoms with van der Waals surface area (Å²) in [4.78, 5) is 0. The molecule has 0 amide bonds. The van der Waals surface area contributed by atoms with Crippen LogP contribution in [0.5, 0.6) is 5.75 Å². The highest BCUT2D eigenvalue weighted by Crippen LogP contribution is 2.31. The van der Waals surface area contributed by atoms with Gasteiger partial charge >= 0.3 is 6.18 Å².